The highest BCUT2D eigenvalue weighted by atomic mass is 32.1. The fourth-order valence-corrected chi connectivity index (χ4v) is 11.9. The fraction of sp³-hybridized carbons (Fsp3) is 0.118. The molecule has 0 N–H and O–H groups in total. The topological polar surface area (TPSA) is 6.48 Å². The summed E-state index contributed by atoms with van der Waals surface area (Å²) in [6.07, 6.45) is 0. The molecular formula is C68H56N2S. The lowest BCUT2D eigenvalue weighted by Crippen LogP contribution is -2.11. The number of benzene rings is 10. The molecule has 0 amide bonds. The van der Waals surface area contributed by atoms with E-state index < -0.39 is 0 Å². The van der Waals surface area contributed by atoms with Gasteiger partial charge in [-0.25, -0.2) is 0 Å². The van der Waals surface area contributed by atoms with Crippen molar-refractivity contribution in [3.8, 4) is 0 Å². The highest BCUT2D eigenvalue weighted by Gasteiger charge is 2.20. The summed E-state index contributed by atoms with van der Waals surface area (Å²) < 4.78 is 2.58. The Labute approximate surface area is 421 Å². The summed E-state index contributed by atoms with van der Waals surface area (Å²) in [6, 6.07) is 73.8. The maximum absolute atomic E-state index is 2.47. The Balaban J connectivity index is 1.27. The molecule has 0 unspecified atom stereocenters. The zero-order chi connectivity index (χ0) is 48.7. The number of thiophene rings is 1. The van der Waals surface area contributed by atoms with Gasteiger partial charge in [0.05, 0.1) is 0 Å². The third kappa shape index (κ3) is 7.55. The van der Waals surface area contributed by atoms with Gasteiger partial charge >= 0.3 is 0 Å². The number of rotatable bonds is 6. The summed E-state index contributed by atoms with van der Waals surface area (Å²) in [5, 5.41) is 14.7. The van der Waals surface area contributed by atoms with Crippen LogP contribution in [0.1, 0.15) is 44.5 Å². The molecule has 1 aromatic heterocycles. The molecule has 0 radical (unpaired) electrons. The second kappa shape index (κ2) is 17.5. The summed E-state index contributed by atoms with van der Waals surface area (Å²) in [7, 11) is 0. The maximum atomic E-state index is 2.47. The number of aryl methyl sites for hydroxylation is 8. The number of fused-ring (bicyclic) bond motifs is 14. The Morgan fingerprint density at radius 2 is 0.535 bits per heavy atom. The summed E-state index contributed by atoms with van der Waals surface area (Å²) in [4.78, 5) is 4.89. The zero-order valence-electron chi connectivity index (χ0n) is 41.8. The van der Waals surface area contributed by atoms with Gasteiger partial charge in [-0.1, -0.05) is 109 Å². The van der Waals surface area contributed by atoms with Crippen molar-refractivity contribution in [2.45, 2.75) is 55.4 Å². The van der Waals surface area contributed by atoms with Crippen molar-refractivity contribution in [1.82, 2.24) is 0 Å². The minimum Gasteiger partial charge on any atom is -0.310 e. The third-order valence-electron chi connectivity index (χ3n) is 15.3. The number of hydrogen-bond acceptors (Lipinski definition) is 3. The molecule has 0 bridgehead atoms. The van der Waals surface area contributed by atoms with E-state index in [9.17, 15) is 0 Å². The van der Waals surface area contributed by atoms with Crippen molar-refractivity contribution in [3.63, 3.8) is 0 Å². The predicted molar refractivity (Wildman–Crippen MR) is 312 cm³/mol. The van der Waals surface area contributed by atoms with Crippen molar-refractivity contribution in [1.29, 1.82) is 0 Å². The van der Waals surface area contributed by atoms with E-state index in [2.05, 4.69) is 259 Å². The molecule has 0 saturated carbocycles. The molecular weight excluding hydrogens is 877 g/mol. The van der Waals surface area contributed by atoms with E-state index in [1.54, 1.807) is 0 Å². The first-order chi connectivity index (χ1) is 34.5. The molecule has 0 saturated heterocycles. The monoisotopic (exact) mass is 932 g/mol. The maximum Gasteiger partial charge on any atom is 0.0468 e. The highest BCUT2D eigenvalue weighted by Crippen LogP contribution is 2.47. The molecule has 0 aliphatic rings. The van der Waals surface area contributed by atoms with Crippen LogP contribution in [0.3, 0.4) is 0 Å². The third-order valence-corrected chi connectivity index (χ3v) is 16.5. The Kier molecular flexibility index (Phi) is 10.9. The molecule has 12 rings (SSSR count). The molecule has 344 valence electrons. The zero-order valence-corrected chi connectivity index (χ0v) is 42.6. The standard InChI is InChI=1S/C68H56N2S/c1-41-21-25-49(35-45(41)5)69(50-26-22-42(2)46(6)36-50)53-29-31-58-55-15-9-10-16-56(55)59-32-30-54(70(51-27-23-43(3)47(7)37-51)52-28-24-44(4)48(8)38-52)40-64(59)61-33-34-66-68(62-19-13-14-20-65(62)71-66)67(61)60-18-12-11-17-57(60)63(58)39-53/h9-40H,1-8H3. The first-order valence-corrected chi connectivity index (χ1v) is 25.6. The average Bonchev–Trinajstić information content (AvgIpc) is 3.77. The quantitative estimate of drug-likeness (QED) is 0.164. The summed E-state index contributed by atoms with van der Waals surface area (Å²) in [5.74, 6) is 0. The Morgan fingerprint density at radius 3 is 0.972 bits per heavy atom. The van der Waals surface area contributed by atoms with E-state index in [-0.39, 0.29) is 0 Å². The Bertz CT molecular complexity index is 4130. The summed E-state index contributed by atoms with van der Waals surface area (Å²) in [5.41, 5.74) is 17.0. The molecule has 0 spiro atoms. The molecule has 12 aromatic rings. The van der Waals surface area contributed by atoms with Crippen LogP contribution in [-0.4, -0.2) is 0 Å². The fourth-order valence-electron chi connectivity index (χ4n) is 10.8. The largest absolute Gasteiger partial charge is 0.310 e. The lowest BCUT2D eigenvalue weighted by Gasteiger charge is -2.27. The summed E-state index contributed by atoms with van der Waals surface area (Å²) in [6.45, 7) is 17.7. The molecule has 1 heterocycles. The van der Waals surface area contributed by atoms with Crippen molar-refractivity contribution in [2.24, 2.45) is 0 Å². The van der Waals surface area contributed by atoms with Gasteiger partial charge in [-0.3, -0.25) is 0 Å². The lowest BCUT2D eigenvalue weighted by molar-refractivity contribution is 1.23. The van der Waals surface area contributed by atoms with Gasteiger partial charge < -0.3 is 9.80 Å². The van der Waals surface area contributed by atoms with Crippen LogP contribution in [-0.2, 0) is 0 Å². The first-order valence-electron chi connectivity index (χ1n) is 24.8. The second-order valence-corrected chi connectivity index (χ2v) is 20.8. The molecule has 3 heteroatoms. The van der Waals surface area contributed by atoms with Crippen LogP contribution in [0.4, 0.5) is 34.1 Å². The van der Waals surface area contributed by atoms with Crippen LogP contribution in [0.5, 0.6) is 0 Å². The average molecular weight is 933 g/mol. The molecule has 11 aromatic carbocycles. The number of nitrogens with zero attached hydrogens (tertiary/aromatic N) is 2. The van der Waals surface area contributed by atoms with Crippen molar-refractivity contribution in [3.05, 3.63) is 239 Å². The van der Waals surface area contributed by atoms with E-state index in [1.165, 1.54) is 119 Å². The van der Waals surface area contributed by atoms with Gasteiger partial charge in [0.25, 0.3) is 0 Å². The normalized spacial score (nSPS) is 11.7. The van der Waals surface area contributed by atoms with Crippen LogP contribution in [0.25, 0.3) is 74.0 Å². The molecule has 0 fully saturated rings. The van der Waals surface area contributed by atoms with E-state index in [0.717, 1.165) is 34.1 Å². The van der Waals surface area contributed by atoms with E-state index in [1.807, 2.05) is 11.3 Å². The molecule has 2 nitrogen and oxygen atoms in total. The predicted octanol–water partition coefficient (Wildman–Crippen LogP) is 20.4. The van der Waals surface area contributed by atoms with E-state index in [4.69, 9.17) is 0 Å². The van der Waals surface area contributed by atoms with Crippen LogP contribution >= 0.6 is 11.3 Å². The van der Waals surface area contributed by atoms with Gasteiger partial charge in [0.2, 0.25) is 0 Å². The number of hydrogen-bond donors (Lipinski definition) is 0. The Hall–Kier alpha value is -7.98. The van der Waals surface area contributed by atoms with Gasteiger partial charge in [0.1, 0.15) is 0 Å². The SMILES string of the molecule is Cc1ccc(N(c2ccc(C)c(C)c2)c2ccc3c4ccccc4c4ccc(N(c5ccc(C)c(C)c5)c5ccc(C)c(C)c5)cc4c4ccc5sc6ccccc6c5c4c4ccccc4c3c2)cc1C. The van der Waals surface area contributed by atoms with E-state index in [0.29, 0.717) is 0 Å². The van der Waals surface area contributed by atoms with Crippen LogP contribution < -0.4 is 9.80 Å². The highest BCUT2D eigenvalue weighted by molar-refractivity contribution is 7.26. The number of anilines is 6. The van der Waals surface area contributed by atoms with Crippen molar-refractivity contribution in [2.75, 3.05) is 9.80 Å². The van der Waals surface area contributed by atoms with Gasteiger partial charge in [0, 0.05) is 54.3 Å². The summed E-state index contributed by atoms with van der Waals surface area (Å²) >= 11 is 1.88. The van der Waals surface area contributed by atoms with Gasteiger partial charge in [0.15, 0.2) is 0 Å². The van der Waals surface area contributed by atoms with Crippen molar-refractivity contribution >= 4 is 119 Å². The van der Waals surface area contributed by atoms with Gasteiger partial charge in [-0.05, 0) is 239 Å². The smallest absolute Gasteiger partial charge is 0.0468 e. The van der Waals surface area contributed by atoms with Crippen LogP contribution in [0, 0.1) is 55.4 Å². The molecule has 71 heavy (non-hydrogen) atoms. The minimum absolute atomic E-state index is 1.11. The lowest BCUT2D eigenvalue weighted by atomic mass is 9.92. The van der Waals surface area contributed by atoms with Gasteiger partial charge in [-0.2, -0.15) is 0 Å². The van der Waals surface area contributed by atoms with Crippen LogP contribution in [0.2, 0.25) is 0 Å². The molecule has 0 atom stereocenters. The van der Waals surface area contributed by atoms with Crippen molar-refractivity contribution < 1.29 is 0 Å². The Morgan fingerprint density at radius 1 is 0.225 bits per heavy atom. The second-order valence-electron chi connectivity index (χ2n) is 19.8. The molecule has 0 aliphatic carbocycles. The van der Waals surface area contributed by atoms with E-state index >= 15 is 0 Å². The molecule has 0 aliphatic heterocycles. The van der Waals surface area contributed by atoms with Crippen LogP contribution in [0.15, 0.2) is 194 Å². The first kappa shape index (κ1) is 44.2. The minimum atomic E-state index is 1.11. The van der Waals surface area contributed by atoms with Gasteiger partial charge in [-0.15, -0.1) is 11.3 Å².